The number of anilines is 4. The highest BCUT2D eigenvalue weighted by Gasteiger charge is 2.49. The third kappa shape index (κ3) is 6.57. The van der Waals surface area contributed by atoms with E-state index in [2.05, 4.69) is 24.8 Å². The maximum atomic E-state index is 12.9. The topological polar surface area (TPSA) is 309 Å². The van der Waals surface area contributed by atoms with E-state index in [0.29, 0.717) is 11.5 Å². The number of nitrogens with zero attached hydrogens (tertiary/aromatic N) is 5. The molecule has 0 bridgehead atoms. The van der Waals surface area contributed by atoms with Gasteiger partial charge < -0.3 is 56.1 Å². The molecular formula is C19H28N8O13P2. The Hall–Kier alpha value is -2.78. The van der Waals surface area contributed by atoms with Crippen LogP contribution in [0.4, 0.5) is 23.1 Å². The minimum atomic E-state index is -4.97. The lowest BCUT2D eigenvalue weighted by Gasteiger charge is -2.26. The number of nitrogen functional groups attached to an aromatic ring is 2. The molecule has 23 heteroatoms. The van der Waals surface area contributed by atoms with Gasteiger partial charge in [0.15, 0.2) is 17.9 Å². The van der Waals surface area contributed by atoms with E-state index in [-0.39, 0.29) is 24.7 Å². The third-order valence-electron chi connectivity index (χ3n) is 6.62. The number of phosphoric ester groups is 2. The predicted molar refractivity (Wildman–Crippen MR) is 138 cm³/mol. The van der Waals surface area contributed by atoms with Crippen molar-refractivity contribution in [3.05, 3.63) is 29.1 Å². The fourth-order valence-electron chi connectivity index (χ4n) is 4.67. The molecule has 3 aliphatic heterocycles. The average molecular weight is 638 g/mol. The Labute approximate surface area is 235 Å². The SMILES string of the molecule is Nc1ccn([C@H]2C[C@H](OP(=O)(O)OC[C@H]3O[C@@H](N4CNc5c(N)ncnc54)[C@H](O)[C@@H]3O)[C@@H](COP(=O)(O)O)O2)c(=O)n1. The van der Waals surface area contributed by atoms with Crippen molar-refractivity contribution in [2.24, 2.45) is 0 Å². The highest BCUT2D eigenvalue weighted by molar-refractivity contribution is 7.47. The molecule has 2 aromatic heterocycles. The van der Waals surface area contributed by atoms with E-state index in [9.17, 15) is 29.0 Å². The summed E-state index contributed by atoms with van der Waals surface area (Å²) in [7, 11) is -9.94. The lowest BCUT2D eigenvalue weighted by atomic mass is 10.1. The first-order chi connectivity index (χ1) is 19.7. The molecular weight excluding hydrogens is 610 g/mol. The largest absolute Gasteiger partial charge is 0.472 e. The second-order valence-corrected chi connectivity index (χ2v) is 12.1. The summed E-state index contributed by atoms with van der Waals surface area (Å²) in [4.78, 5) is 53.9. The minimum absolute atomic E-state index is 0.0667. The minimum Gasteiger partial charge on any atom is -0.387 e. The number of hydrogen-bond donors (Lipinski definition) is 8. The predicted octanol–water partition coefficient (Wildman–Crippen LogP) is -2.57. The van der Waals surface area contributed by atoms with Crippen LogP contribution in [0.2, 0.25) is 0 Å². The van der Waals surface area contributed by atoms with Gasteiger partial charge in [0, 0.05) is 12.6 Å². The number of nitrogens with one attached hydrogen (secondary N) is 1. The van der Waals surface area contributed by atoms with Gasteiger partial charge in [-0.2, -0.15) is 4.98 Å². The van der Waals surface area contributed by atoms with Crippen LogP contribution in [0.1, 0.15) is 12.6 Å². The van der Waals surface area contributed by atoms with Gasteiger partial charge in [-0.3, -0.25) is 18.1 Å². The van der Waals surface area contributed by atoms with E-state index in [1.807, 2.05) is 0 Å². The first-order valence-corrected chi connectivity index (χ1v) is 15.2. The van der Waals surface area contributed by atoms with Gasteiger partial charge >= 0.3 is 21.3 Å². The van der Waals surface area contributed by atoms with Gasteiger partial charge in [-0.25, -0.2) is 23.9 Å². The zero-order valence-corrected chi connectivity index (χ0v) is 23.2. The second-order valence-electron chi connectivity index (χ2n) is 9.41. The van der Waals surface area contributed by atoms with E-state index in [1.165, 1.54) is 23.5 Å². The number of hydrogen-bond acceptors (Lipinski definition) is 17. The summed E-state index contributed by atoms with van der Waals surface area (Å²) in [6, 6.07) is 1.30. The summed E-state index contributed by atoms with van der Waals surface area (Å²) in [5.41, 5.74) is 10.9. The van der Waals surface area contributed by atoms with Crippen LogP contribution in [0.3, 0.4) is 0 Å². The lowest BCUT2D eigenvalue weighted by Crippen LogP contribution is -2.44. The summed E-state index contributed by atoms with van der Waals surface area (Å²) in [5.74, 6) is 0.406. The first-order valence-electron chi connectivity index (χ1n) is 12.2. The van der Waals surface area contributed by atoms with E-state index >= 15 is 0 Å². The Bertz CT molecular complexity index is 1460. The maximum absolute atomic E-state index is 12.9. The molecule has 5 heterocycles. The normalized spacial score (nSPS) is 30.7. The Morgan fingerprint density at radius 3 is 2.52 bits per heavy atom. The Balaban J connectivity index is 1.24. The van der Waals surface area contributed by atoms with Crippen molar-refractivity contribution in [3.63, 3.8) is 0 Å². The zero-order chi connectivity index (χ0) is 30.4. The van der Waals surface area contributed by atoms with Crippen molar-refractivity contribution >= 4 is 38.8 Å². The van der Waals surface area contributed by atoms with Gasteiger partial charge in [-0.1, -0.05) is 0 Å². The summed E-state index contributed by atoms with van der Waals surface area (Å²) in [6.45, 7) is -1.39. The number of nitrogens with two attached hydrogens (primary N) is 2. The Kier molecular flexibility index (Phi) is 8.56. The monoisotopic (exact) mass is 638 g/mol. The van der Waals surface area contributed by atoms with Gasteiger partial charge in [0.05, 0.1) is 19.9 Å². The molecule has 10 N–H and O–H groups in total. The lowest BCUT2D eigenvalue weighted by molar-refractivity contribution is -0.0503. The molecule has 0 aliphatic carbocycles. The van der Waals surface area contributed by atoms with Crippen molar-refractivity contribution in [2.75, 3.05) is 41.6 Å². The maximum Gasteiger partial charge on any atom is 0.472 e. The van der Waals surface area contributed by atoms with E-state index in [1.54, 1.807) is 0 Å². The molecule has 232 valence electrons. The molecule has 21 nitrogen and oxygen atoms in total. The van der Waals surface area contributed by atoms with Gasteiger partial charge in [0.2, 0.25) is 0 Å². The highest BCUT2D eigenvalue weighted by Crippen LogP contribution is 2.49. The van der Waals surface area contributed by atoms with E-state index < -0.39 is 77.5 Å². The van der Waals surface area contributed by atoms with Crippen molar-refractivity contribution in [3.8, 4) is 0 Å². The van der Waals surface area contributed by atoms with Crippen LogP contribution in [0.5, 0.6) is 0 Å². The first kappa shape index (κ1) is 30.7. The van der Waals surface area contributed by atoms with Crippen LogP contribution in [-0.4, -0.2) is 101 Å². The van der Waals surface area contributed by atoms with Crippen LogP contribution in [-0.2, 0) is 32.2 Å². The second kappa shape index (κ2) is 11.7. The molecule has 8 atom stereocenters. The van der Waals surface area contributed by atoms with Crippen LogP contribution in [0.15, 0.2) is 23.4 Å². The molecule has 2 aromatic rings. The molecule has 1 unspecified atom stereocenters. The standard InChI is InChI=1S/C19H28N8O13P2/c20-11-1-2-26(19(30)25-11)12-3-8(9(38-12)4-36-41(31,32)33)40-42(34,35)37-5-10-14(28)15(29)18(39-10)27-7-24-13-16(21)22-6-23-17(13)27/h1-2,6,8-10,12,14-15,18,24,28-29H,3-5,7H2,(H,34,35)(H2,20,25,30)(H2,21,22,23)(H2,31,32,33)/t8-,9+,10+,12+,14+,15+,18+/m0/s1. The van der Waals surface area contributed by atoms with Gasteiger partial charge in [-0.15, -0.1) is 0 Å². The molecule has 2 fully saturated rings. The summed E-state index contributed by atoms with van der Waals surface area (Å²) < 4.78 is 51.1. The number of aliphatic hydroxyl groups is 2. The quantitative estimate of drug-likeness (QED) is 0.124. The molecule has 42 heavy (non-hydrogen) atoms. The summed E-state index contributed by atoms with van der Waals surface area (Å²) in [5, 5.41) is 24.1. The van der Waals surface area contributed by atoms with Crippen molar-refractivity contribution in [1.82, 2.24) is 19.5 Å². The van der Waals surface area contributed by atoms with Gasteiger partial charge in [-0.05, 0) is 6.07 Å². The van der Waals surface area contributed by atoms with Crippen molar-refractivity contribution in [1.29, 1.82) is 0 Å². The molecule has 5 rings (SSSR count). The fraction of sp³-hybridized carbons (Fsp3) is 0.579. The summed E-state index contributed by atoms with van der Waals surface area (Å²) in [6.07, 6.45) is -7.10. The van der Waals surface area contributed by atoms with Gasteiger partial charge in [0.1, 0.15) is 54.6 Å². The Morgan fingerprint density at radius 1 is 1.07 bits per heavy atom. The number of aliphatic hydroxyl groups excluding tert-OH is 2. The van der Waals surface area contributed by atoms with E-state index in [4.69, 9.17) is 39.8 Å². The van der Waals surface area contributed by atoms with Gasteiger partial charge in [0.25, 0.3) is 0 Å². The molecule has 0 saturated carbocycles. The number of phosphoric acid groups is 2. The van der Waals surface area contributed by atoms with E-state index in [0.717, 1.165) is 4.57 Å². The van der Waals surface area contributed by atoms with Crippen LogP contribution >= 0.6 is 15.6 Å². The molecule has 0 radical (unpaired) electrons. The van der Waals surface area contributed by atoms with Crippen LogP contribution in [0.25, 0.3) is 0 Å². The van der Waals surface area contributed by atoms with Crippen molar-refractivity contribution < 1.29 is 57.1 Å². The number of aromatic nitrogens is 4. The zero-order valence-electron chi connectivity index (χ0n) is 21.4. The summed E-state index contributed by atoms with van der Waals surface area (Å²) >= 11 is 0. The fourth-order valence-corrected chi connectivity index (χ4v) is 5.97. The molecule has 0 amide bonds. The van der Waals surface area contributed by atoms with Crippen LogP contribution < -0.4 is 27.4 Å². The molecule has 0 spiro atoms. The number of ether oxygens (including phenoxy) is 2. The molecule has 3 aliphatic rings. The van der Waals surface area contributed by atoms with Crippen LogP contribution in [0, 0.1) is 0 Å². The third-order valence-corrected chi connectivity index (χ3v) is 8.12. The molecule has 2 saturated heterocycles. The number of rotatable bonds is 10. The highest BCUT2D eigenvalue weighted by atomic mass is 31.2. The Morgan fingerprint density at radius 2 is 1.81 bits per heavy atom. The smallest absolute Gasteiger partial charge is 0.387 e. The number of fused-ring (bicyclic) bond motifs is 1. The van der Waals surface area contributed by atoms with Crippen molar-refractivity contribution in [2.45, 2.75) is 49.4 Å². The molecule has 0 aromatic carbocycles. The average Bonchev–Trinajstić information content (AvgIpc) is 3.58.